The highest BCUT2D eigenvalue weighted by molar-refractivity contribution is 9.09. The number of carbonyl (C=O) groups excluding carboxylic acids is 2. The fourth-order valence-corrected chi connectivity index (χ4v) is 4.49. The number of nitrogens with zero attached hydrogens (tertiary/aromatic N) is 1. The third-order valence-electron chi connectivity index (χ3n) is 5.87. The number of hydrogen-bond donors (Lipinski definition) is 1. The molecule has 1 aliphatic rings. The zero-order chi connectivity index (χ0) is 25.5. The van der Waals surface area contributed by atoms with Gasteiger partial charge in [0.15, 0.2) is 23.0 Å². The van der Waals surface area contributed by atoms with Crippen molar-refractivity contribution in [2.75, 3.05) is 45.3 Å². The monoisotopic (exact) mass is 551 g/mol. The molecule has 1 N–H and O–H groups in total. The Bertz CT molecular complexity index is 1030. The largest absolute Gasteiger partial charge is 0.504 e. The number of alkyl halides is 1. The van der Waals surface area contributed by atoms with E-state index in [0.29, 0.717) is 40.7 Å². The highest BCUT2D eigenvalue weighted by Gasteiger charge is 2.50. The summed E-state index contributed by atoms with van der Waals surface area (Å²) in [5, 5.41) is 11.2. The lowest BCUT2D eigenvalue weighted by molar-refractivity contribution is -0.149. The average molecular weight is 552 g/mol. The number of methoxy groups -OCH3 is 4. The molecule has 1 saturated heterocycles. The van der Waals surface area contributed by atoms with Gasteiger partial charge in [-0.25, -0.2) is 0 Å². The average Bonchev–Trinajstić information content (AvgIpc) is 2.86. The van der Waals surface area contributed by atoms with E-state index in [1.54, 1.807) is 35.2 Å². The van der Waals surface area contributed by atoms with Crippen LogP contribution in [0.1, 0.15) is 30.9 Å². The summed E-state index contributed by atoms with van der Waals surface area (Å²) >= 11 is 3.34. The molecule has 190 valence electrons. The van der Waals surface area contributed by atoms with Gasteiger partial charge in [0.2, 0.25) is 11.7 Å². The van der Waals surface area contributed by atoms with Crippen LogP contribution in [0.25, 0.3) is 0 Å². The first-order valence-corrected chi connectivity index (χ1v) is 12.2. The van der Waals surface area contributed by atoms with Gasteiger partial charge in [0.25, 0.3) is 0 Å². The van der Waals surface area contributed by atoms with Gasteiger partial charge in [0.05, 0.1) is 46.1 Å². The number of esters is 1. The normalized spacial score (nSPS) is 16.9. The molecule has 2 aromatic rings. The van der Waals surface area contributed by atoms with Crippen LogP contribution in [0.5, 0.6) is 28.7 Å². The molecule has 0 aromatic heterocycles. The first-order valence-electron chi connectivity index (χ1n) is 11.1. The van der Waals surface area contributed by atoms with Crippen LogP contribution in [0, 0.1) is 5.92 Å². The van der Waals surface area contributed by atoms with Gasteiger partial charge in [-0.15, -0.1) is 0 Å². The number of phenols is 1. The quantitative estimate of drug-likeness (QED) is 0.181. The molecular weight excluding hydrogens is 522 g/mol. The third-order valence-corrected chi connectivity index (χ3v) is 6.44. The van der Waals surface area contributed by atoms with Crippen molar-refractivity contribution in [2.45, 2.75) is 25.3 Å². The maximum absolute atomic E-state index is 13.3. The number of carbonyl (C=O) groups is 2. The van der Waals surface area contributed by atoms with Crippen LogP contribution in [-0.4, -0.2) is 57.4 Å². The van der Waals surface area contributed by atoms with Gasteiger partial charge in [-0.05, 0) is 30.5 Å². The molecule has 10 heteroatoms. The van der Waals surface area contributed by atoms with E-state index in [0.717, 1.165) is 11.8 Å². The maximum atomic E-state index is 13.3. The van der Waals surface area contributed by atoms with Crippen molar-refractivity contribution in [3.05, 3.63) is 35.9 Å². The van der Waals surface area contributed by atoms with Gasteiger partial charge in [0, 0.05) is 23.9 Å². The standard InChI is InChI=1S/C25H30BrNO8/c1-31-19-9-8-15(11-18(19)28)23-17(14-35-22(29)7-5-6-10-26)25(30)27(23)16-12-20(32-2)24(34-4)21(13-16)33-3/h8-9,11-13,17,23,28H,5-7,10,14H2,1-4H3/t17-,23+/m1/s1. The minimum atomic E-state index is -0.623. The summed E-state index contributed by atoms with van der Waals surface area (Å²) in [5.74, 6) is 0.254. The SMILES string of the molecule is COc1ccc([C@H]2[C@@H](COC(=O)CCCCBr)C(=O)N2c2cc(OC)c(OC)c(OC)c2)cc1O. The Balaban J connectivity index is 1.94. The number of β-lactam (4-membered cyclic amide) rings is 1. The summed E-state index contributed by atoms with van der Waals surface area (Å²) < 4.78 is 26.9. The number of halogens is 1. The van der Waals surface area contributed by atoms with Crippen molar-refractivity contribution in [2.24, 2.45) is 5.92 Å². The van der Waals surface area contributed by atoms with E-state index in [4.69, 9.17) is 23.7 Å². The second-order valence-corrected chi connectivity index (χ2v) is 8.70. The van der Waals surface area contributed by atoms with Crippen LogP contribution in [0.2, 0.25) is 0 Å². The van der Waals surface area contributed by atoms with Gasteiger partial charge in [-0.2, -0.15) is 0 Å². The molecule has 2 aromatic carbocycles. The van der Waals surface area contributed by atoms with E-state index in [1.165, 1.54) is 28.4 Å². The lowest BCUT2D eigenvalue weighted by Gasteiger charge is -2.47. The van der Waals surface area contributed by atoms with Crippen molar-refractivity contribution >= 4 is 33.5 Å². The Hall–Kier alpha value is -3.14. The van der Waals surface area contributed by atoms with Crippen molar-refractivity contribution in [3.8, 4) is 28.7 Å². The van der Waals surface area contributed by atoms with Gasteiger partial charge in [-0.1, -0.05) is 22.0 Å². The molecule has 0 bridgehead atoms. The number of hydrogen-bond acceptors (Lipinski definition) is 8. The molecule has 1 fully saturated rings. The first kappa shape index (κ1) is 26.5. The second-order valence-electron chi connectivity index (χ2n) is 7.90. The summed E-state index contributed by atoms with van der Waals surface area (Å²) in [6.45, 7) is -0.0651. The van der Waals surface area contributed by atoms with E-state index in [1.807, 2.05) is 0 Å². The van der Waals surface area contributed by atoms with Crippen LogP contribution in [0.4, 0.5) is 5.69 Å². The molecule has 2 atom stereocenters. The number of aromatic hydroxyl groups is 1. The minimum absolute atomic E-state index is 0.0558. The summed E-state index contributed by atoms with van der Waals surface area (Å²) in [7, 11) is 5.95. The molecule has 0 unspecified atom stereocenters. The van der Waals surface area contributed by atoms with Gasteiger partial charge in [0.1, 0.15) is 6.61 Å². The van der Waals surface area contributed by atoms with Crippen molar-refractivity contribution in [3.63, 3.8) is 0 Å². The molecule has 3 rings (SSSR count). The molecule has 1 heterocycles. The van der Waals surface area contributed by atoms with E-state index < -0.39 is 12.0 Å². The summed E-state index contributed by atoms with van der Waals surface area (Å²) in [6.07, 6.45) is 1.85. The number of anilines is 1. The lowest BCUT2D eigenvalue weighted by atomic mass is 9.82. The summed E-state index contributed by atoms with van der Waals surface area (Å²) in [6, 6.07) is 7.80. The number of ether oxygens (including phenoxy) is 5. The molecule has 1 amide bonds. The summed E-state index contributed by atoms with van der Waals surface area (Å²) in [5.41, 5.74) is 1.18. The Morgan fingerprint density at radius 1 is 0.971 bits per heavy atom. The third kappa shape index (κ3) is 5.58. The van der Waals surface area contributed by atoms with Crippen LogP contribution in [0.15, 0.2) is 30.3 Å². The van der Waals surface area contributed by atoms with Crippen molar-refractivity contribution in [1.29, 1.82) is 0 Å². The highest BCUT2D eigenvalue weighted by Crippen LogP contribution is 2.49. The second kappa shape index (κ2) is 12.0. The first-order chi connectivity index (χ1) is 16.9. The topological polar surface area (TPSA) is 104 Å². The number of amides is 1. The van der Waals surface area contributed by atoms with E-state index in [-0.39, 0.29) is 30.7 Å². The molecule has 0 saturated carbocycles. The number of phenolic OH excluding ortho intramolecular Hbond substituents is 1. The maximum Gasteiger partial charge on any atom is 0.305 e. The zero-order valence-corrected chi connectivity index (χ0v) is 21.8. The van der Waals surface area contributed by atoms with E-state index in [2.05, 4.69) is 15.9 Å². The van der Waals surface area contributed by atoms with Crippen molar-refractivity contribution < 1.29 is 38.4 Å². The molecule has 0 radical (unpaired) electrons. The molecule has 9 nitrogen and oxygen atoms in total. The molecular formula is C25H30BrNO8. The van der Waals surface area contributed by atoms with Crippen molar-refractivity contribution in [1.82, 2.24) is 0 Å². The van der Waals surface area contributed by atoms with Crippen LogP contribution in [0.3, 0.4) is 0 Å². The number of unbranched alkanes of at least 4 members (excludes halogenated alkanes) is 1. The van der Waals surface area contributed by atoms with Gasteiger partial charge in [-0.3, -0.25) is 9.59 Å². The molecule has 1 aliphatic heterocycles. The van der Waals surface area contributed by atoms with Gasteiger partial charge < -0.3 is 33.7 Å². The zero-order valence-electron chi connectivity index (χ0n) is 20.2. The smallest absolute Gasteiger partial charge is 0.305 e. The number of rotatable bonds is 12. The predicted molar refractivity (Wildman–Crippen MR) is 133 cm³/mol. The minimum Gasteiger partial charge on any atom is -0.504 e. The Kier molecular flexibility index (Phi) is 9.08. The Morgan fingerprint density at radius 3 is 2.17 bits per heavy atom. The Labute approximate surface area is 213 Å². The molecule has 35 heavy (non-hydrogen) atoms. The van der Waals surface area contributed by atoms with Crippen LogP contribution in [-0.2, 0) is 14.3 Å². The highest BCUT2D eigenvalue weighted by atomic mass is 79.9. The fourth-order valence-electron chi connectivity index (χ4n) is 4.10. The van der Waals surface area contributed by atoms with Gasteiger partial charge >= 0.3 is 5.97 Å². The van der Waals surface area contributed by atoms with Crippen LogP contribution >= 0.6 is 15.9 Å². The van der Waals surface area contributed by atoms with E-state index >= 15 is 0 Å². The Morgan fingerprint density at radius 2 is 1.63 bits per heavy atom. The number of benzene rings is 2. The van der Waals surface area contributed by atoms with E-state index in [9.17, 15) is 14.7 Å². The predicted octanol–water partition coefficient (Wildman–Crippen LogP) is 4.24. The van der Waals surface area contributed by atoms with Crippen LogP contribution < -0.4 is 23.8 Å². The molecule has 0 aliphatic carbocycles. The molecule has 0 spiro atoms. The fraction of sp³-hybridized carbons (Fsp3) is 0.440. The summed E-state index contributed by atoms with van der Waals surface area (Å²) in [4.78, 5) is 27.0. The lowest BCUT2D eigenvalue weighted by Crippen LogP contribution is -2.57.